The van der Waals surface area contributed by atoms with Crippen LogP contribution in [0.4, 0.5) is 4.39 Å². The average molecular weight is 218 g/mol. The summed E-state index contributed by atoms with van der Waals surface area (Å²) in [6.07, 6.45) is 1.08. The van der Waals surface area contributed by atoms with Gasteiger partial charge in [-0.2, -0.15) is 0 Å². The molecular weight excluding hydrogens is 207 g/mol. The van der Waals surface area contributed by atoms with Crippen molar-refractivity contribution < 1.29 is 4.39 Å². The van der Waals surface area contributed by atoms with E-state index in [1.807, 2.05) is 6.07 Å². The van der Waals surface area contributed by atoms with Crippen LogP contribution in [0.2, 0.25) is 0 Å². The molecule has 1 atom stereocenters. The number of hydrogen-bond donors (Lipinski definition) is 0. The number of halogens is 1. The molecule has 1 aliphatic carbocycles. The van der Waals surface area contributed by atoms with Crippen LogP contribution in [-0.4, -0.2) is 0 Å². The second kappa shape index (κ2) is 3.17. The van der Waals surface area contributed by atoms with Crippen LogP contribution in [0, 0.1) is 5.82 Å². The van der Waals surface area contributed by atoms with E-state index >= 15 is 0 Å². The van der Waals surface area contributed by atoms with Gasteiger partial charge in [-0.15, -0.1) is 11.3 Å². The standard InChI is InChI=1S/C13H11FS/c1-8-6-9-4-5-15-13(9)12-7-10(14)2-3-11(8)12/h2-5,7-8H,6H2,1H3. The van der Waals surface area contributed by atoms with Crippen molar-refractivity contribution in [2.45, 2.75) is 19.3 Å². The maximum absolute atomic E-state index is 13.2. The van der Waals surface area contributed by atoms with Gasteiger partial charge >= 0.3 is 0 Å². The van der Waals surface area contributed by atoms with Gasteiger partial charge < -0.3 is 0 Å². The molecule has 76 valence electrons. The maximum atomic E-state index is 13.2. The highest BCUT2D eigenvalue weighted by atomic mass is 32.1. The second-order valence-corrected chi connectivity index (χ2v) is 5.03. The van der Waals surface area contributed by atoms with Crippen LogP contribution < -0.4 is 0 Å². The Morgan fingerprint density at radius 1 is 1.33 bits per heavy atom. The minimum absolute atomic E-state index is 0.137. The minimum Gasteiger partial charge on any atom is -0.207 e. The SMILES string of the molecule is CC1Cc2ccsc2-c2cc(F)ccc21. The molecule has 0 bridgehead atoms. The fourth-order valence-corrected chi connectivity index (χ4v) is 3.30. The maximum Gasteiger partial charge on any atom is 0.123 e. The summed E-state index contributed by atoms with van der Waals surface area (Å²) in [5.41, 5.74) is 3.75. The van der Waals surface area contributed by atoms with Crippen LogP contribution in [-0.2, 0) is 6.42 Å². The molecule has 2 heteroatoms. The normalized spacial score (nSPS) is 18.4. The van der Waals surface area contributed by atoms with Crippen molar-refractivity contribution in [3.05, 3.63) is 46.6 Å². The smallest absolute Gasteiger partial charge is 0.123 e. The van der Waals surface area contributed by atoms with Gasteiger partial charge in [0.2, 0.25) is 0 Å². The molecule has 0 spiro atoms. The highest BCUT2D eigenvalue weighted by Crippen LogP contribution is 2.42. The van der Waals surface area contributed by atoms with E-state index in [1.54, 1.807) is 23.5 Å². The Morgan fingerprint density at radius 3 is 3.07 bits per heavy atom. The molecule has 3 rings (SSSR count). The molecule has 0 saturated carbocycles. The fraction of sp³-hybridized carbons (Fsp3) is 0.231. The Balaban J connectivity index is 2.30. The van der Waals surface area contributed by atoms with Gasteiger partial charge in [0.25, 0.3) is 0 Å². The molecule has 1 aliphatic rings. The Hall–Kier alpha value is -1.15. The lowest BCUT2D eigenvalue weighted by molar-refractivity contribution is 0.625. The highest BCUT2D eigenvalue weighted by Gasteiger charge is 2.22. The predicted molar refractivity (Wildman–Crippen MR) is 61.8 cm³/mol. The van der Waals surface area contributed by atoms with E-state index in [-0.39, 0.29) is 5.82 Å². The summed E-state index contributed by atoms with van der Waals surface area (Å²) in [7, 11) is 0. The minimum atomic E-state index is -0.137. The van der Waals surface area contributed by atoms with Crippen LogP contribution in [0.3, 0.4) is 0 Å². The molecular formula is C13H11FS. The van der Waals surface area contributed by atoms with E-state index in [0.717, 1.165) is 12.0 Å². The summed E-state index contributed by atoms with van der Waals surface area (Å²) < 4.78 is 13.2. The van der Waals surface area contributed by atoms with E-state index in [4.69, 9.17) is 0 Å². The van der Waals surface area contributed by atoms with Gasteiger partial charge in [0.05, 0.1) is 0 Å². The molecule has 0 amide bonds. The van der Waals surface area contributed by atoms with Gasteiger partial charge in [-0.3, -0.25) is 0 Å². The molecule has 2 aromatic rings. The molecule has 1 aromatic carbocycles. The van der Waals surface area contributed by atoms with Crippen molar-refractivity contribution in [3.8, 4) is 10.4 Å². The summed E-state index contributed by atoms with van der Waals surface area (Å²) >= 11 is 1.71. The quantitative estimate of drug-likeness (QED) is 0.621. The molecule has 0 N–H and O–H groups in total. The molecule has 0 fully saturated rings. The monoisotopic (exact) mass is 218 g/mol. The molecule has 0 nitrogen and oxygen atoms in total. The molecule has 0 aliphatic heterocycles. The van der Waals surface area contributed by atoms with Crippen LogP contribution in [0.5, 0.6) is 0 Å². The Kier molecular flexibility index (Phi) is 1.93. The average Bonchev–Trinajstić information content (AvgIpc) is 2.65. The first-order chi connectivity index (χ1) is 7.25. The third-order valence-electron chi connectivity index (χ3n) is 3.06. The third-order valence-corrected chi connectivity index (χ3v) is 4.05. The Morgan fingerprint density at radius 2 is 2.20 bits per heavy atom. The van der Waals surface area contributed by atoms with Gasteiger partial charge in [-0.1, -0.05) is 13.0 Å². The topological polar surface area (TPSA) is 0 Å². The molecule has 1 heterocycles. The van der Waals surface area contributed by atoms with Gasteiger partial charge in [0, 0.05) is 4.88 Å². The summed E-state index contributed by atoms with van der Waals surface area (Å²) in [4.78, 5) is 1.25. The van der Waals surface area contributed by atoms with Gasteiger partial charge in [0.1, 0.15) is 5.82 Å². The fourth-order valence-electron chi connectivity index (χ4n) is 2.33. The lowest BCUT2D eigenvalue weighted by Crippen LogP contribution is -2.06. The van der Waals surface area contributed by atoms with E-state index in [0.29, 0.717) is 5.92 Å². The number of rotatable bonds is 0. The second-order valence-electron chi connectivity index (χ2n) is 4.11. The summed E-state index contributed by atoms with van der Waals surface area (Å²) in [5.74, 6) is 0.366. The Bertz CT molecular complexity index is 513. The number of thiophene rings is 1. The van der Waals surface area contributed by atoms with E-state index in [2.05, 4.69) is 18.4 Å². The van der Waals surface area contributed by atoms with E-state index < -0.39 is 0 Å². The largest absolute Gasteiger partial charge is 0.207 e. The van der Waals surface area contributed by atoms with Crippen molar-refractivity contribution in [1.82, 2.24) is 0 Å². The van der Waals surface area contributed by atoms with Crippen molar-refractivity contribution in [3.63, 3.8) is 0 Å². The zero-order valence-corrected chi connectivity index (χ0v) is 9.27. The van der Waals surface area contributed by atoms with Gasteiger partial charge in [-0.25, -0.2) is 4.39 Å². The first kappa shape index (κ1) is 9.10. The third kappa shape index (κ3) is 1.32. The number of fused-ring (bicyclic) bond motifs is 3. The van der Waals surface area contributed by atoms with E-state index in [9.17, 15) is 4.39 Å². The Labute approximate surface area is 92.4 Å². The molecule has 1 unspecified atom stereocenters. The van der Waals surface area contributed by atoms with Crippen molar-refractivity contribution in [2.75, 3.05) is 0 Å². The number of hydrogen-bond acceptors (Lipinski definition) is 1. The van der Waals surface area contributed by atoms with Gasteiger partial charge in [-0.05, 0) is 52.6 Å². The summed E-state index contributed by atoms with van der Waals surface area (Å²) in [6.45, 7) is 2.21. The summed E-state index contributed by atoms with van der Waals surface area (Å²) in [6, 6.07) is 7.32. The number of benzene rings is 1. The van der Waals surface area contributed by atoms with E-state index in [1.165, 1.54) is 16.0 Å². The first-order valence-electron chi connectivity index (χ1n) is 5.12. The molecule has 0 saturated heterocycles. The van der Waals surface area contributed by atoms with Crippen molar-refractivity contribution >= 4 is 11.3 Å². The van der Waals surface area contributed by atoms with Crippen molar-refractivity contribution in [2.24, 2.45) is 0 Å². The van der Waals surface area contributed by atoms with Crippen LogP contribution >= 0.6 is 11.3 Å². The molecule has 15 heavy (non-hydrogen) atoms. The predicted octanol–water partition coefficient (Wildman–Crippen LogP) is 4.21. The first-order valence-corrected chi connectivity index (χ1v) is 6.00. The van der Waals surface area contributed by atoms with Crippen LogP contribution in [0.15, 0.2) is 29.6 Å². The lowest BCUT2D eigenvalue weighted by atomic mass is 9.84. The molecule has 0 radical (unpaired) electrons. The molecule has 1 aromatic heterocycles. The zero-order valence-electron chi connectivity index (χ0n) is 8.46. The summed E-state index contributed by atoms with van der Waals surface area (Å²) in [5, 5.41) is 2.09. The lowest BCUT2D eigenvalue weighted by Gasteiger charge is -2.22. The van der Waals surface area contributed by atoms with Crippen LogP contribution in [0.1, 0.15) is 24.0 Å². The van der Waals surface area contributed by atoms with Crippen LogP contribution in [0.25, 0.3) is 10.4 Å². The van der Waals surface area contributed by atoms with Gasteiger partial charge in [0.15, 0.2) is 0 Å². The van der Waals surface area contributed by atoms with Crippen molar-refractivity contribution in [1.29, 1.82) is 0 Å². The highest BCUT2D eigenvalue weighted by molar-refractivity contribution is 7.13. The zero-order chi connectivity index (χ0) is 10.4.